The molecule has 1 fully saturated rings. The van der Waals surface area contributed by atoms with E-state index in [1.165, 1.54) is 0 Å². The summed E-state index contributed by atoms with van der Waals surface area (Å²) in [5.41, 5.74) is 9.62. The molecule has 0 spiro atoms. The van der Waals surface area contributed by atoms with Gasteiger partial charge in [-0.25, -0.2) is 4.79 Å². The van der Waals surface area contributed by atoms with Crippen molar-refractivity contribution in [2.45, 2.75) is 72.1 Å². The number of halogens is 1. The minimum atomic E-state index is -0.725. The number of amides is 2. The number of nitrogens with two attached hydrogens (primary N) is 1. The maximum atomic E-state index is 13.1. The molecular weight excluding hydrogens is 500 g/mol. The van der Waals surface area contributed by atoms with Gasteiger partial charge >= 0.3 is 6.09 Å². The molecule has 1 heterocycles. The van der Waals surface area contributed by atoms with Gasteiger partial charge in [0.15, 0.2) is 0 Å². The number of rotatable bonds is 7. The van der Waals surface area contributed by atoms with E-state index in [1.807, 2.05) is 39.0 Å². The van der Waals surface area contributed by atoms with Crippen LogP contribution in [-0.2, 0) is 11.3 Å². The van der Waals surface area contributed by atoms with Crippen molar-refractivity contribution in [3.8, 4) is 0 Å². The summed E-state index contributed by atoms with van der Waals surface area (Å²) in [6.07, 6.45) is 2.40. The van der Waals surface area contributed by atoms with Crippen molar-refractivity contribution < 1.29 is 14.3 Å². The van der Waals surface area contributed by atoms with Crippen LogP contribution in [0, 0.1) is 20.8 Å². The number of ether oxygens (including phenoxy) is 1. The van der Waals surface area contributed by atoms with Crippen LogP contribution in [0.15, 0.2) is 27.5 Å². The molecule has 184 valence electrons. The van der Waals surface area contributed by atoms with Crippen molar-refractivity contribution in [3.05, 3.63) is 61.0 Å². The number of nitrogens with zero attached hydrogens (tertiary/aromatic N) is 1. The molecule has 34 heavy (non-hydrogen) atoms. The lowest BCUT2D eigenvalue weighted by Gasteiger charge is -2.38. The first-order chi connectivity index (χ1) is 16.1. The molecule has 2 aromatic rings. The van der Waals surface area contributed by atoms with E-state index in [0.717, 1.165) is 59.2 Å². The molecular formula is C25H33BrN4O4. The number of aromatic amines is 1. The van der Waals surface area contributed by atoms with Crippen LogP contribution in [0.25, 0.3) is 0 Å². The highest BCUT2D eigenvalue weighted by atomic mass is 79.9. The van der Waals surface area contributed by atoms with E-state index in [4.69, 9.17) is 10.5 Å². The normalized spacial score (nSPS) is 17.8. The molecule has 0 radical (unpaired) electrons. The fourth-order valence-electron chi connectivity index (χ4n) is 4.83. The van der Waals surface area contributed by atoms with Crippen LogP contribution in [-0.4, -0.2) is 35.7 Å². The van der Waals surface area contributed by atoms with Gasteiger partial charge in [-0.2, -0.15) is 0 Å². The second kappa shape index (κ2) is 11.1. The fourth-order valence-corrected chi connectivity index (χ4v) is 5.27. The number of aromatic nitrogens is 1. The summed E-state index contributed by atoms with van der Waals surface area (Å²) in [6.45, 7) is 8.68. The Hall–Kier alpha value is -2.81. The molecule has 0 unspecified atom stereocenters. The van der Waals surface area contributed by atoms with Gasteiger partial charge < -0.3 is 25.7 Å². The molecule has 1 aromatic carbocycles. The second-order valence-corrected chi connectivity index (χ2v) is 9.79. The highest BCUT2D eigenvalue weighted by Crippen LogP contribution is 2.34. The van der Waals surface area contributed by atoms with Gasteiger partial charge in [0.1, 0.15) is 6.10 Å². The fraction of sp³-hybridized carbons (Fsp3) is 0.480. The molecule has 0 atom stereocenters. The largest absolute Gasteiger partial charge is 0.446 e. The first kappa shape index (κ1) is 25.8. The van der Waals surface area contributed by atoms with Crippen LogP contribution in [0.3, 0.4) is 0 Å². The maximum absolute atomic E-state index is 13.1. The molecule has 9 heteroatoms. The zero-order valence-electron chi connectivity index (χ0n) is 20.2. The third-order valence-corrected chi connectivity index (χ3v) is 6.98. The van der Waals surface area contributed by atoms with Gasteiger partial charge in [-0.3, -0.25) is 9.59 Å². The Balaban J connectivity index is 1.79. The maximum Gasteiger partial charge on any atom is 0.404 e. The van der Waals surface area contributed by atoms with Gasteiger partial charge in [0, 0.05) is 46.1 Å². The van der Waals surface area contributed by atoms with Gasteiger partial charge in [0.05, 0.1) is 0 Å². The molecule has 2 amide bonds. The van der Waals surface area contributed by atoms with Gasteiger partial charge in [-0.05, 0) is 82.7 Å². The minimum absolute atomic E-state index is 0.134. The summed E-state index contributed by atoms with van der Waals surface area (Å²) < 4.78 is 5.99. The van der Waals surface area contributed by atoms with Crippen molar-refractivity contribution in [1.29, 1.82) is 0 Å². The van der Waals surface area contributed by atoms with Gasteiger partial charge in [-0.1, -0.05) is 15.9 Å². The third-order valence-electron chi connectivity index (χ3n) is 6.53. The second-order valence-electron chi connectivity index (χ2n) is 8.88. The van der Waals surface area contributed by atoms with Gasteiger partial charge in [0.25, 0.3) is 11.5 Å². The van der Waals surface area contributed by atoms with E-state index < -0.39 is 6.09 Å². The van der Waals surface area contributed by atoms with E-state index in [1.54, 1.807) is 0 Å². The average molecular weight is 533 g/mol. The summed E-state index contributed by atoms with van der Waals surface area (Å²) in [7, 11) is 0. The number of primary amides is 1. The summed E-state index contributed by atoms with van der Waals surface area (Å²) in [4.78, 5) is 41.6. The predicted octanol–water partition coefficient (Wildman–Crippen LogP) is 4.23. The van der Waals surface area contributed by atoms with Crippen LogP contribution in [0.1, 0.15) is 65.3 Å². The molecule has 8 nitrogen and oxygen atoms in total. The SMILES string of the molecule is CCN(c1cc(Br)cc(C(=O)NCc2c(C)cc(C)[nH]c2=O)c1C)[C@H]1CC[C@H](OC(N)=O)CC1. The molecule has 0 saturated heterocycles. The van der Waals surface area contributed by atoms with E-state index >= 15 is 0 Å². The lowest BCUT2D eigenvalue weighted by molar-refractivity contribution is 0.0784. The number of benzene rings is 1. The van der Waals surface area contributed by atoms with Crippen LogP contribution < -0.4 is 21.5 Å². The molecule has 1 aliphatic carbocycles. The monoisotopic (exact) mass is 532 g/mol. The number of anilines is 1. The summed E-state index contributed by atoms with van der Waals surface area (Å²) in [6, 6.07) is 6.02. The molecule has 3 rings (SSSR count). The van der Waals surface area contributed by atoms with Crippen molar-refractivity contribution >= 4 is 33.6 Å². The van der Waals surface area contributed by atoms with Crippen LogP contribution in [0.2, 0.25) is 0 Å². The van der Waals surface area contributed by atoms with E-state index in [-0.39, 0.29) is 30.2 Å². The Labute approximate surface area is 208 Å². The Kier molecular flexibility index (Phi) is 8.41. The predicted molar refractivity (Wildman–Crippen MR) is 136 cm³/mol. The van der Waals surface area contributed by atoms with Crippen molar-refractivity contribution in [1.82, 2.24) is 10.3 Å². The van der Waals surface area contributed by atoms with Crippen LogP contribution in [0.4, 0.5) is 10.5 Å². The molecule has 0 aliphatic heterocycles. The topological polar surface area (TPSA) is 118 Å². The number of carbonyl (C=O) groups is 2. The van der Waals surface area contributed by atoms with E-state index in [2.05, 4.69) is 38.1 Å². The van der Waals surface area contributed by atoms with Crippen molar-refractivity contribution in [3.63, 3.8) is 0 Å². The lowest BCUT2D eigenvalue weighted by Crippen LogP contribution is -2.41. The zero-order chi connectivity index (χ0) is 25.0. The molecule has 1 saturated carbocycles. The summed E-state index contributed by atoms with van der Waals surface area (Å²) in [5, 5.41) is 2.91. The van der Waals surface area contributed by atoms with Crippen LogP contribution in [0.5, 0.6) is 0 Å². The first-order valence-corrected chi connectivity index (χ1v) is 12.4. The Morgan fingerprint density at radius 2 is 1.85 bits per heavy atom. The number of hydrogen-bond donors (Lipinski definition) is 3. The number of H-pyrrole nitrogens is 1. The first-order valence-electron chi connectivity index (χ1n) is 11.6. The number of carbonyl (C=O) groups excluding carboxylic acids is 2. The number of pyridine rings is 1. The lowest BCUT2D eigenvalue weighted by atomic mass is 9.90. The Bertz CT molecular complexity index is 1120. The average Bonchev–Trinajstić information content (AvgIpc) is 2.76. The number of hydrogen-bond acceptors (Lipinski definition) is 5. The summed E-state index contributed by atoms with van der Waals surface area (Å²) in [5.74, 6) is -0.228. The highest BCUT2D eigenvalue weighted by molar-refractivity contribution is 9.10. The highest BCUT2D eigenvalue weighted by Gasteiger charge is 2.28. The van der Waals surface area contributed by atoms with Crippen molar-refractivity contribution in [2.75, 3.05) is 11.4 Å². The molecule has 1 aliphatic rings. The van der Waals surface area contributed by atoms with Crippen molar-refractivity contribution in [2.24, 2.45) is 5.73 Å². The van der Waals surface area contributed by atoms with E-state index in [9.17, 15) is 14.4 Å². The molecule has 4 N–H and O–H groups in total. The minimum Gasteiger partial charge on any atom is -0.446 e. The van der Waals surface area contributed by atoms with Crippen LogP contribution >= 0.6 is 15.9 Å². The Morgan fingerprint density at radius 1 is 1.18 bits per heavy atom. The molecule has 1 aromatic heterocycles. The Morgan fingerprint density at radius 3 is 2.44 bits per heavy atom. The molecule has 0 bridgehead atoms. The third kappa shape index (κ3) is 6.00. The number of aryl methyl sites for hydroxylation is 2. The standard InChI is InChI=1S/C25H33BrN4O4/c1-5-30(18-6-8-19(9-7-18)34-25(27)33)22-12-17(26)11-20(16(22)4)23(31)28-13-21-14(2)10-15(3)29-24(21)32/h10-12,18-19H,5-9,13H2,1-4H3,(H2,27,33)(H,28,31)(H,29,32)/t18-,19-. The van der Waals surface area contributed by atoms with Gasteiger partial charge in [0.2, 0.25) is 0 Å². The van der Waals surface area contributed by atoms with Gasteiger partial charge in [-0.15, -0.1) is 0 Å². The zero-order valence-corrected chi connectivity index (χ0v) is 21.8. The summed E-state index contributed by atoms with van der Waals surface area (Å²) >= 11 is 3.57. The quantitative estimate of drug-likeness (QED) is 0.493. The smallest absolute Gasteiger partial charge is 0.404 e. The number of nitrogens with one attached hydrogen (secondary N) is 2. The van der Waals surface area contributed by atoms with E-state index in [0.29, 0.717) is 11.1 Å².